The maximum absolute atomic E-state index is 11.7. The van der Waals surface area contributed by atoms with Gasteiger partial charge in [0.15, 0.2) is 5.13 Å². The molecule has 2 aromatic rings. The van der Waals surface area contributed by atoms with Gasteiger partial charge >= 0.3 is 0 Å². The zero-order chi connectivity index (χ0) is 14.1. The molecule has 0 unspecified atom stereocenters. The van der Waals surface area contributed by atoms with Crippen LogP contribution >= 0.6 is 22.9 Å². The normalized spacial score (nSPS) is 14.2. The SMILES string of the molecule is O=C(CNC(=O)C1CC1)Nc1nc2ccc(Cl)cc2s1. The van der Waals surface area contributed by atoms with Crippen LogP contribution in [0.4, 0.5) is 5.13 Å². The molecule has 20 heavy (non-hydrogen) atoms. The average Bonchev–Trinajstić information content (AvgIpc) is 3.18. The summed E-state index contributed by atoms with van der Waals surface area (Å²) in [4.78, 5) is 27.4. The first kappa shape index (κ1) is 13.3. The van der Waals surface area contributed by atoms with Crippen molar-refractivity contribution in [1.29, 1.82) is 0 Å². The number of hydrogen-bond acceptors (Lipinski definition) is 4. The van der Waals surface area contributed by atoms with E-state index < -0.39 is 0 Å². The zero-order valence-corrected chi connectivity index (χ0v) is 12.1. The van der Waals surface area contributed by atoms with E-state index in [1.54, 1.807) is 18.2 Å². The van der Waals surface area contributed by atoms with Crippen LogP contribution in [0.5, 0.6) is 0 Å². The van der Waals surface area contributed by atoms with Crippen LogP contribution in [0.1, 0.15) is 12.8 Å². The first-order chi connectivity index (χ1) is 9.61. The highest BCUT2D eigenvalue weighted by Gasteiger charge is 2.29. The molecule has 2 amide bonds. The highest BCUT2D eigenvalue weighted by molar-refractivity contribution is 7.22. The lowest BCUT2D eigenvalue weighted by atomic mass is 10.3. The van der Waals surface area contributed by atoms with E-state index in [1.165, 1.54) is 11.3 Å². The lowest BCUT2D eigenvalue weighted by Crippen LogP contribution is -2.33. The Hall–Kier alpha value is -1.66. The Kier molecular flexibility index (Phi) is 3.58. The van der Waals surface area contributed by atoms with Gasteiger partial charge in [0.2, 0.25) is 11.8 Å². The van der Waals surface area contributed by atoms with Crippen LogP contribution in [0.15, 0.2) is 18.2 Å². The summed E-state index contributed by atoms with van der Waals surface area (Å²) in [7, 11) is 0. The van der Waals surface area contributed by atoms with Gasteiger partial charge < -0.3 is 10.6 Å². The molecule has 0 atom stereocenters. The number of thiazole rings is 1. The quantitative estimate of drug-likeness (QED) is 0.911. The summed E-state index contributed by atoms with van der Waals surface area (Å²) >= 11 is 7.25. The Morgan fingerprint density at radius 1 is 1.40 bits per heavy atom. The number of fused-ring (bicyclic) bond motifs is 1. The maximum Gasteiger partial charge on any atom is 0.245 e. The fraction of sp³-hybridized carbons (Fsp3) is 0.308. The van der Waals surface area contributed by atoms with E-state index in [1.807, 2.05) is 0 Å². The van der Waals surface area contributed by atoms with Gasteiger partial charge in [0.05, 0.1) is 16.8 Å². The zero-order valence-electron chi connectivity index (χ0n) is 10.5. The molecule has 7 heteroatoms. The fourth-order valence-electron chi connectivity index (χ4n) is 1.77. The minimum atomic E-state index is -0.274. The first-order valence-electron chi connectivity index (χ1n) is 6.25. The Bertz CT molecular complexity index is 681. The minimum Gasteiger partial charge on any atom is -0.347 e. The summed E-state index contributed by atoms with van der Waals surface area (Å²) in [5, 5.41) is 6.43. The van der Waals surface area contributed by atoms with Crippen molar-refractivity contribution in [2.24, 2.45) is 5.92 Å². The molecular weight excluding hydrogens is 298 g/mol. The van der Waals surface area contributed by atoms with E-state index in [0.717, 1.165) is 23.1 Å². The largest absolute Gasteiger partial charge is 0.347 e. The smallest absolute Gasteiger partial charge is 0.245 e. The summed E-state index contributed by atoms with van der Waals surface area (Å²) in [5.41, 5.74) is 0.789. The molecule has 1 aliphatic carbocycles. The summed E-state index contributed by atoms with van der Waals surface area (Å²) in [6.07, 6.45) is 1.85. The number of nitrogens with one attached hydrogen (secondary N) is 2. The van der Waals surface area contributed by atoms with E-state index in [9.17, 15) is 9.59 Å². The van der Waals surface area contributed by atoms with Gasteiger partial charge in [-0.2, -0.15) is 0 Å². The molecule has 1 aromatic carbocycles. The van der Waals surface area contributed by atoms with Crippen LogP contribution in [0, 0.1) is 5.92 Å². The highest BCUT2D eigenvalue weighted by Crippen LogP contribution is 2.29. The van der Waals surface area contributed by atoms with Crippen molar-refractivity contribution in [3.05, 3.63) is 23.2 Å². The molecule has 0 aliphatic heterocycles. The molecular formula is C13H12ClN3O2S. The number of nitrogens with zero attached hydrogens (tertiary/aromatic N) is 1. The van der Waals surface area contributed by atoms with E-state index in [2.05, 4.69) is 15.6 Å². The van der Waals surface area contributed by atoms with Crippen LogP contribution in [-0.2, 0) is 9.59 Å². The van der Waals surface area contributed by atoms with Crippen LogP contribution in [0.2, 0.25) is 5.02 Å². The first-order valence-corrected chi connectivity index (χ1v) is 7.45. The van der Waals surface area contributed by atoms with Crippen molar-refractivity contribution in [1.82, 2.24) is 10.3 Å². The van der Waals surface area contributed by atoms with Crippen molar-refractivity contribution in [2.45, 2.75) is 12.8 Å². The third kappa shape index (κ3) is 3.08. The molecule has 0 saturated heterocycles. The number of benzene rings is 1. The van der Waals surface area contributed by atoms with Crippen LogP contribution in [0.25, 0.3) is 10.2 Å². The van der Waals surface area contributed by atoms with Gasteiger partial charge in [0.1, 0.15) is 0 Å². The minimum absolute atomic E-state index is 0.0218. The molecule has 1 aromatic heterocycles. The Morgan fingerprint density at radius 2 is 2.20 bits per heavy atom. The summed E-state index contributed by atoms with van der Waals surface area (Å²) < 4.78 is 0.912. The van der Waals surface area contributed by atoms with Crippen LogP contribution in [0.3, 0.4) is 0 Å². The third-order valence-corrected chi connectivity index (χ3v) is 4.14. The van der Waals surface area contributed by atoms with Crippen molar-refractivity contribution in [3.8, 4) is 0 Å². The second-order valence-electron chi connectivity index (χ2n) is 4.67. The Balaban J connectivity index is 1.60. The predicted molar refractivity (Wildman–Crippen MR) is 79.0 cm³/mol. The predicted octanol–water partition coefficient (Wildman–Crippen LogP) is 2.41. The van der Waals surface area contributed by atoms with Gasteiger partial charge in [0, 0.05) is 10.9 Å². The number of amides is 2. The molecule has 1 fully saturated rings. The van der Waals surface area contributed by atoms with Gasteiger partial charge in [-0.1, -0.05) is 22.9 Å². The Labute approximate surface area is 124 Å². The van der Waals surface area contributed by atoms with E-state index in [0.29, 0.717) is 10.2 Å². The van der Waals surface area contributed by atoms with E-state index in [4.69, 9.17) is 11.6 Å². The molecule has 1 aliphatic rings. The molecule has 0 bridgehead atoms. The molecule has 1 saturated carbocycles. The fourth-order valence-corrected chi connectivity index (χ4v) is 2.93. The average molecular weight is 310 g/mol. The second-order valence-corrected chi connectivity index (χ2v) is 6.14. The lowest BCUT2D eigenvalue weighted by Gasteiger charge is -2.03. The second kappa shape index (κ2) is 5.38. The third-order valence-electron chi connectivity index (χ3n) is 2.97. The van der Waals surface area contributed by atoms with E-state index >= 15 is 0 Å². The van der Waals surface area contributed by atoms with Gasteiger partial charge in [0.25, 0.3) is 0 Å². The van der Waals surface area contributed by atoms with Crippen molar-refractivity contribution in [3.63, 3.8) is 0 Å². The highest BCUT2D eigenvalue weighted by atomic mass is 35.5. The van der Waals surface area contributed by atoms with Gasteiger partial charge in [-0.3, -0.25) is 9.59 Å². The van der Waals surface area contributed by atoms with Crippen LogP contribution in [-0.4, -0.2) is 23.3 Å². The number of rotatable bonds is 4. The number of carbonyl (C=O) groups excluding carboxylic acids is 2. The van der Waals surface area contributed by atoms with Crippen LogP contribution < -0.4 is 10.6 Å². The van der Waals surface area contributed by atoms with Gasteiger partial charge in [-0.15, -0.1) is 0 Å². The molecule has 0 spiro atoms. The van der Waals surface area contributed by atoms with Gasteiger partial charge in [-0.25, -0.2) is 4.98 Å². The summed E-state index contributed by atoms with van der Waals surface area (Å²) in [6, 6.07) is 5.36. The monoisotopic (exact) mass is 309 g/mol. The number of hydrogen-bond donors (Lipinski definition) is 2. The van der Waals surface area contributed by atoms with Crippen molar-refractivity contribution >= 4 is 50.1 Å². The number of halogens is 1. The Morgan fingerprint density at radius 3 is 2.95 bits per heavy atom. The molecule has 1 heterocycles. The van der Waals surface area contributed by atoms with E-state index in [-0.39, 0.29) is 24.3 Å². The van der Waals surface area contributed by atoms with Gasteiger partial charge in [-0.05, 0) is 31.0 Å². The number of carbonyl (C=O) groups is 2. The summed E-state index contributed by atoms with van der Waals surface area (Å²) in [5.74, 6) is -0.215. The molecule has 2 N–H and O–H groups in total. The lowest BCUT2D eigenvalue weighted by molar-refractivity contribution is -0.125. The summed E-state index contributed by atoms with van der Waals surface area (Å²) in [6.45, 7) is -0.0218. The molecule has 104 valence electrons. The number of aromatic nitrogens is 1. The maximum atomic E-state index is 11.7. The molecule has 3 rings (SSSR count). The van der Waals surface area contributed by atoms with Crippen molar-refractivity contribution in [2.75, 3.05) is 11.9 Å². The molecule has 5 nitrogen and oxygen atoms in total. The number of anilines is 1. The topological polar surface area (TPSA) is 71.1 Å². The van der Waals surface area contributed by atoms with Crippen molar-refractivity contribution < 1.29 is 9.59 Å². The molecule has 0 radical (unpaired) electrons. The standard InChI is InChI=1S/C13H12ClN3O2S/c14-8-3-4-9-10(5-8)20-13(16-9)17-11(18)6-15-12(19)7-1-2-7/h3-5,7H,1-2,6H2,(H,15,19)(H,16,17,18).